The van der Waals surface area contributed by atoms with Crippen molar-refractivity contribution >= 4 is 5.91 Å². The summed E-state index contributed by atoms with van der Waals surface area (Å²) in [4.78, 5) is 13.1. The molecule has 1 aromatic rings. The lowest BCUT2D eigenvalue weighted by Crippen LogP contribution is -2.41. The second-order valence-electron chi connectivity index (χ2n) is 5.60. The van der Waals surface area contributed by atoms with Crippen molar-refractivity contribution in [1.82, 2.24) is 10.2 Å². The van der Waals surface area contributed by atoms with Gasteiger partial charge in [0, 0.05) is 33.1 Å². The molecule has 1 aliphatic rings. The van der Waals surface area contributed by atoms with Gasteiger partial charge in [-0.15, -0.1) is 0 Å². The van der Waals surface area contributed by atoms with Crippen molar-refractivity contribution in [3.63, 3.8) is 0 Å². The lowest BCUT2D eigenvalue weighted by Gasteiger charge is -2.37. The van der Waals surface area contributed by atoms with Gasteiger partial charge in [0.25, 0.3) is 0 Å². The highest BCUT2D eigenvalue weighted by Crippen LogP contribution is 2.40. The number of carbonyl (C=O) groups is 1. The average Bonchev–Trinajstić information content (AvgIpc) is 2.41. The number of ether oxygens (including phenoxy) is 1. The number of nitrogens with one attached hydrogen (secondary N) is 1. The maximum Gasteiger partial charge on any atom is 0.223 e. The van der Waals surface area contributed by atoms with Gasteiger partial charge in [-0.25, -0.2) is 0 Å². The molecule has 0 bridgehead atoms. The van der Waals surface area contributed by atoms with Gasteiger partial charge in [0.15, 0.2) is 0 Å². The maximum absolute atomic E-state index is 11.5. The molecule has 2 rings (SSSR count). The molecule has 0 radical (unpaired) electrons. The maximum atomic E-state index is 11.5. The Labute approximate surface area is 121 Å². The normalized spacial score (nSPS) is 21.1. The summed E-state index contributed by atoms with van der Waals surface area (Å²) in [6, 6.07) is 8.76. The zero-order chi connectivity index (χ0) is 14.5. The first kappa shape index (κ1) is 14.9. The van der Waals surface area contributed by atoms with Gasteiger partial charge in [-0.1, -0.05) is 18.2 Å². The molecule has 0 unspecified atom stereocenters. The molecule has 1 amide bonds. The molecule has 1 N–H and O–H groups in total. The lowest BCUT2D eigenvalue weighted by molar-refractivity contribution is -0.128. The Bertz CT molecular complexity index is 454. The molecule has 0 spiro atoms. The van der Waals surface area contributed by atoms with Crippen molar-refractivity contribution in [1.29, 1.82) is 0 Å². The van der Waals surface area contributed by atoms with E-state index in [4.69, 9.17) is 4.74 Å². The van der Waals surface area contributed by atoms with Crippen LogP contribution in [-0.2, 0) is 4.79 Å². The van der Waals surface area contributed by atoms with Crippen LogP contribution in [0.1, 0.15) is 30.7 Å². The molecule has 1 aromatic carbocycles. The summed E-state index contributed by atoms with van der Waals surface area (Å²) in [5.74, 6) is 1.74. The van der Waals surface area contributed by atoms with Gasteiger partial charge in [0.1, 0.15) is 5.75 Å². The van der Waals surface area contributed by atoms with Crippen molar-refractivity contribution in [3.05, 3.63) is 29.8 Å². The van der Waals surface area contributed by atoms with Gasteiger partial charge in [-0.05, 0) is 30.4 Å². The van der Waals surface area contributed by atoms with Gasteiger partial charge in [0.05, 0.1) is 7.11 Å². The summed E-state index contributed by atoms with van der Waals surface area (Å²) >= 11 is 0. The van der Waals surface area contributed by atoms with Gasteiger partial charge in [-0.3, -0.25) is 4.79 Å². The quantitative estimate of drug-likeness (QED) is 0.864. The molecule has 1 aliphatic carbocycles. The summed E-state index contributed by atoms with van der Waals surface area (Å²) in [5.41, 5.74) is 1.30. The van der Waals surface area contributed by atoms with Crippen LogP contribution in [0.25, 0.3) is 0 Å². The fourth-order valence-corrected chi connectivity index (χ4v) is 2.65. The second-order valence-corrected chi connectivity index (χ2v) is 5.60. The Balaban J connectivity index is 1.73. The number of hydrogen-bond donors (Lipinski definition) is 1. The molecule has 1 fully saturated rings. The van der Waals surface area contributed by atoms with Crippen molar-refractivity contribution in [3.8, 4) is 5.75 Å². The summed E-state index contributed by atoms with van der Waals surface area (Å²) in [6.45, 7) is 0.764. The van der Waals surface area contributed by atoms with Crippen LogP contribution in [0.3, 0.4) is 0 Å². The van der Waals surface area contributed by atoms with Crippen LogP contribution in [0.15, 0.2) is 24.3 Å². The van der Waals surface area contributed by atoms with Gasteiger partial charge in [0.2, 0.25) is 5.91 Å². The molecule has 0 heterocycles. The van der Waals surface area contributed by atoms with E-state index in [9.17, 15) is 4.79 Å². The molecule has 110 valence electrons. The Hall–Kier alpha value is -1.55. The third-order valence-electron chi connectivity index (χ3n) is 3.99. The van der Waals surface area contributed by atoms with E-state index in [0.29, 0.717) is 18.4 Å². The van der Waals surface area contributed by atoms with Crippen LogP contribution in [0.4, 0.5) is 0 Å². The van der Waals surface area contributed by atoms with Crippen molar-refractivity contribution in [2.45, 2.75) is 31.2 Å². The number of benzene rings is 1. The van der Waals surface area contributed by atoms with Gasteiger partial charge >= 0.3 is 0 Å². The van der Waals surface area contributed by atoms with Gasteiger partial charge in [-0.2, -0.15) is 0 Å². The highest BCUT2D eigenvalue weighted by molar-refractivity contribution is 5.75. The van der Waals surface area contributed by atoms with Crippen LogP contribution < -0.4 is 10.1 Å². The van der Waals surface area contributed by atoms with Gasteiger partial charge < -0.3 is 15.0 Å². The monoisotopic (exact) mass is 276 g/mol. The largest absolute Gasteiger partial charge is 0.496 e. The van der Waals surface area contributed by atoms with E-state index < -0.39 is 0 Å². The minimum absolute atomic E-state index is 0.179. The smallest absolute Gasteiger partial charge is 0.223 e. The number of methoxy groups -OCH3 is 1. The van der Waals surface area contributed by atoms with Crippen LogP contribution in [-0.4, -0.2) is 44.6 Å². The molecule has 0 saturated heterocycles. The highest BCUT2D eigenvalue weighted by Gasteiger charge is 2.31. The zero-order valence-electron chi connectivity index (χ0n) is 12.6. The molecule has 4 nitrogen and oxygen atoms in total. The summed E-state index contributed by atoms with van der Waals surface area (Å²) in [7, 11) is 5.31. The van der Waals surface area contributed by atoms with E-state index in [2.05, 4.69) is 17.4 Å². The first-order valence-corrected chi connectivity index (χ1v) is 7.18. The molecule has 1 saturated carbocycles. The fraction of sp³-hybridized carbons (Fsp3) is 0.562. The number of hydrogen-bond acceptors (Lipinski definition) is 3. The SMILES string of the molecule is COc1ccccc1C1CC(NCCC(=O)N(C)C)C1. The number of amides is 1. The molecule has 0 aromatic heterocycles. The fourth-order valence-electron chi connectivity index (χ4n) is 2.65. The number of para-hydroxylation sites is 1. The van der Waals surface area contributed by atoms with Crippen LogP contribution in [0.5, 0.6) is 5.75 Å². The van der Waals surface area contributed by atoms with Crippen LogP contribution in [0, 0.1) is 0 Å². The summed E-state index contributed by atoms with van der Waals surface area (Å²) in [5, 5.41) is 3.45. The van der Waals surface area contributed by atoms with E-state index in [1.165, 1.54) is 5.56 Å². The van der Waals surface area contributed by atoms with Crippen LogP contribution in [0.2, 0.25) is 0 Å². The minimum Gasteiger partial charge on any atom is -0.496 e. The summed E-state index contributed by atoms with van der Waals surface area (Å²) in [6.07, 6.45) is 2.82. The van der Waals surface area contributed by atoms with Crippen molar-refractivity contribution in [2.24, 2.45) is 0 Å². The van der Waals surface area contributed by atoms with Crippen molar-refractivity contribution in [2.75, 3.05) is 27.7 Å². The summed E-state index contributed by atoms with van der Waals surface area (Å²) < 4.78 is 5.41. The lowest BCUT2D eigenvalue weighted by atomic mass is 9.75. The van der Waals surface area contributed by atoms with E-state index >= 15 is 0 Å². The van der Waals surface area contributed by atoms with E-state index in [1.54, 1.807) is 26.1 Å². The molecule has 0 atom stereocenters. The Kier molecular flexibility index (Phi) is 5.01. The molecular weight excluding hydrogens is 252 g/mol. The predicted molar refractivity (Wildman–Crippen MR) is 80.1 cm³/mol. The predicted octanol–water partition coefficient (Wildman–Crippen LogP) is 2.01. The highest BCUT2D eigenvalue weighted by atomic mass is 16.5. The number of carbonyl (C=O) groups excluding carboxylic acids is 1. The standard InChI is InChI=1S/C16H24N2O2/c1-18(2)16(19)8-9-17-13-10-12(11-13)14-6-4-5-7-15(14)20-3/h4-7,12-13,17H,8-11H2,1-3H3. The van der Waals surface area contributed by atoms with Crippen LogP contribution >= 0.6 is 0 Å². The Morgan fingerprint density at radius 3 is 2.70 bits per heavy atom. The Morgan fingerprint density at radius 1 is 1.35 bits per heavy atom. The number of nitrogens with zero attached hydrogens (tertiary/aromatic N) is 1. The molecular formula is C16H24N2O2. The third kappa shape index (κ3) is 3.51. The third-order valence-corrected chi connectivity index (χ3v) is 3.99. The van der Waals surface area contributed by atoms with E-state index in [-0.39, 0.29) is 5.91 Å². The first-order chi connectivity index (χ1) is 9.61. The first-order valence-electron chi connectivity index (χ1n) is 7.18. The average molecular weight is 276 g/mol. The van der Waals surface area contributed by atoms with E-state index in [1.807, 2.05) is 12.1 Å². The Morgan fingerprint density at radius 2 is 2.05 bits per heavy atom. The minimum atomic E-state index is 0.179. The van der Waals surface area contributed by atoms with Crippen molar-refractivity contribution < 1.29 is 9.53 Å². The molecule has 20 heavy (non-hydrogen) atoms. The van der Waals surface area contributed by atoms with E-state index in [0.717, 1.165) is 25.1 Å². The topological polar surface area (TPSA) is 41.6 Å². The number of rotatable bonds is 6. The molecule has 4 heteroatoms. The molecule has 0 aliphatic heterocycles. The zero-order valence-corrected chi connectivity index (χ0v) is 12.6. The second kappa shape index (κ2) is 6.75.